The van der Waals surface area contributed by atoms with E-state index < -0.39 is 0 Å². The first-order valence-electron chi connectivity index (χ1n) is 9.54. The molecule has 4 nitrogen and oxygen atoms in total. The third kappa shape index (κ3) is 2.82. The van der Waals surface area contributed by atoms with E-state index >= 15 is 0 Å². The van der Waals surface area contributed by atoms with Crippen LogP contribution in [0.2, 0.25) is 0 Å². The first-order valence-corrected chi connectivity index (χ1v) is 9.54. The molecular formula is C22H28N2O2. The van der Waals surface area contributed by atoms with E-state index in [0.717, 1.165) is 25.0 Å². The number of nitrogens with zero attached hydrogens (tertiary/aromatic N) is 1. The molecule has 0 aliphatic carbocycles. The van der Waals surface area contributed by atoms with Crippen molar-refractivity contribution < 1.29 is 9.94 Å². The molecule has 138 valence electrons. The van der Waals surface area contributed by atoms with Crippen molar-refractivity contribution in [2.45, 2.75) is 50.3 Å². The third-order valence-electron chi connectivity index (χ3n) is 6.20. The Kier molecular flexibility index (Phi) is 4.74. The van der Waals surface area contributed by atoms with Crippen molar-refractivity contribution in [2.24, 2.45) is 0 Å². The maximum absolute atomic E-state index is 10.7. The molecule has 2 bridgehead atoms. The Hall–Kier alpha value is -1.88. The second-order valence-corrected chi connectivity index (χ2v) is 7.56. The normalized spacial score (nSPS) is 30.6. The van der Waals surface area contributed by atoms with Crippen LogP contribution in [-0.4, -0.2) is 42.4 Å². The Balaban J connectivity index is 1.84. The third-order valence-corrected chi connectivity index (χ3v) is 6.20. The van der Waals surface area contributed by atoms with E-state index in [1.165, 1.54) is 21.9 Å². The second kappa shape index (κ2) is 7.03. The Labute approximate surface area is 155 Å². The maximum atomic E-state index is 10.7. The number of fused-ring (bicyclic) bond motifs is 3. The van der Waals surface area contributed by atoms with E-state index in [4.69, 9.17) is 4.84 Å². The number of allylic oxidation sites excluding steroid dienone is 1. The van der Waals surface area contributed by atoms with Crippen LogP contribution in [0.4, 0.5) is 0 Å². The lowest BCUT2D eigenvalue weighted by Gasteiger charge is -2.40. The van der Waals surface area contributed by atoms with Crippen molar-refractivity contribution in [3.8, 4) is 0 Å². The monoisotopic (exact) mass is 352 g/mol. The summed E-state index contributed by atoms with van der Waals surface area (Å²) in [5.74, 6) is 0.306. The van der Waals surface area contributed by atoms with Gasteiger partial charge in [0.2, 0.25) is 0 Å². The molecule has 2 saturated heterocycles. The molecular weight excluding hydrogens is 324 g/mol. The van der Waals surface area contributed by atoms with Gasteiger partial charge in [-0.25, -0.2) is 0 Å². The number of hydroxylamine groups is 1. The fourth-order valence-electron chi connectivity index (χ4n) is 4.95. The molecule has 4 atom stereocenters. The van der Waals surface area contributed by atoms with Crippen molar-refractivity contribution >= 4 is 10.8 Å². The topological polar surface area (TPSA) is 44.7 Å². The largest absolute Gasteiger partial charge is 0.391 e. The minimum absolute atomic E-state index is 0.0582. The van der Waals surface area contributed by atoms with Crippen molar-refractivity contribution in [3.63, 3.8) is 0 Å². The number of hydrogen-bond acceptors (Lipinski definition) is 4. The lowest BCUT2D eigenvalue weighted by Crippen LogP contribution is -2.45. The van der Waals surface area contributed by atoms with Gasteiger partial charge in [0, 0.05) is 17.7 Å². The molecule has 26 heavy (non-hydrogen) atoms. The van der Waals surface area contributed by atoms with Gasteiger partial charge in [0.05, 0.1) is 19.3 Å². The van der Waals surface area contributed by atoms with Gasteiger partial charge in [0.1, 0.15) is 0 Å². The Morgan fingerprint density at radius 3 is 2.69 bits per heavy atom. The highest BCUT2D eigenvalue weighted by atomic mass is 16.6. The van der Waals surface area contributed by atoms with E-state index in [1.54, 1.807) is 7.11 Å². The van der Waals surface area contributed by atoms with Crippen LogP contribution in [-0.2, 0) is 4.84 Å². The molecule has 0 saturated carbocycles. The molecule has 0 aromatic heterocycles. The smallest absolute Gasteiger partial charge is 0.0749 e. The fraction of sp³-hybridized carbons (Fsp3) is 0.455. The summed E-state index contributed by atoms with van der Waals surface area (Å²) in [5.41, 5.74) is 6.82. The van der Waals surface area contributed by atoms with Crippen LogP contribution < -0.4 is 5.48 Å². The zero-order valence-corrected chi connectivity index (χ0v) is 15.8. The number of hydrogen-bond donors (Lipinski definition) is 2. The number of rotatable bonds is 4. The highest BCUT2D eigenvalue weighted by Crippen LogP contribution is 2.47. The van der Waals surface area contributed by atoms with Crippen LogP contribution in [0.25, 0.3) is 10.8 Å². The summed E-state index contributed by atoms with van der Waals surface area (Å²) in [6.07, 6.45) is 2.42. The van der Waals surface area contributed by atoms with Crippen LogP contribution >= 0.6 is 0 Å². The Morgan fingerprint density at radius 1 is 1.19 bits per heavy atom. The maximum Gasteiger partial charge on any atom is 0.0749 e. The Bertz CT molecular complexity index is 832. The number of nitrogens with one attached hydrogen (secondary N) is 1. The average molecular weight is 352 g/mol. The summed E-state index contributed by atoms with van der Waals surface area (Å²) >= 11 is 0. The zero-order chi connectivity index (χ0) is 18.3. The van der Waals surface area contributed by atoms with Gasteiger partial charge >= 0.3 is 0 Å². The minimum Gasteiger partial charge on any atom is -0.391 e. The van der Waals surface area contributed by atoms with Crippen molar-refractivity contribution in [1.82, 2.24) is 10.4 Å². The molecule has 0 radical (unpaired) electrons. The molecule has 2 N–H and O–H groups in total. The standard InChI is InChI=1S/C22H28N2O2/c1-4-19(23-26-3)21-18(12-17-13-20(25)22(21)24(17)2)16-10-9-14-7-5-6-8-15(14)11-16/h5-11,17-18,20,22-23,25H,4,12-13H2,1-3H3/t17?,18-,20?,22-/m0/s1. The predicted octanol–water partition coefficient (Wildman–Crippen LogP) is 3.58. The Morgan fingerprint density at radius 2 is 1.96 bits per heavy atom. The van der Waals surface area contributed by atoms with E-state index in [2.05, 4.69) is 66.8 Å². The summed E-state index contributed by atoms with van der Waals surface area (Å²) in [5, 5.41) is 13.3. The van der Waals surface area contributed by atoms with Crippen LogP contribution in [0.3, 0.4) is 0 Å². The van der Waals surface area contributed by atoms with Gasteiger partial charge in [-0.15, -0.1) is 0 Å². The van der Waals surface area contributed by atoms with Crippen molar-refractivity contribution in [1.29, 1.82) is 0 Å². The lowest BCUT2D eigenvalue weighted by molar-refractivity contribution is 0.101. The van der Waals surface area contributed by atoms with E-state index in [-0.39, 0.29) is 12.1 Å². The molecule has 2 fully saturated rings. The predicted molar refractivity (Wildman–Crippen MR) is 105 cm³/mol. The SMILES string of the molecule is CCC(NOC)=C1[C@H](c2ccc3ccccc3c2)CC2CC(O)[C@@H]1N2C. The molecule has 2 aromatic carbocycles. The number of piperidine rings is 1. The minimum atomic E-state index is -0.314. The number of aliphatic hydroxyl groups excluding tert-OH is 1. The molecule has 2 heterocycles. The van der Waals surface area contributed by atoms with Gasteiger partial charge < -0.3 is 5.11 Å². The van der Waals surface area contributed by atoms with E-state index in [9.17, 15) is 5.11 Å². The van der Waals surface area contributed by atoms with Gasteiger partial charge in [0.15, 0.2) is 0 Å². The average Bonchev–Trinajstić information content (AvgIpc) is 2.84. The lowest BCUT2D eigenvalue weighted by atomic mass is 9.78. The van der Waals surface area contributed by atoms with E-state index in [0.29, 0.717) is 12.0 Å². The highest BCUT2D eigenvalue weighted by molar-refractivity contribution is 5.83. The molecule has 4 heteroatoms. The van der Waals surface area contributed by atoms with Gasteiger partial charge in [0.25, 0.3) is 0 Å². The van der Waals surface area contributed by atoms with Crippen molar-refractivity contribution in [3.05, 3.63) is 59.3 Å². The number of likely N-dealkylation sites (N-methyl/N-ethyl adjacent to an activating group) is 1. The van der Waals surface area contributed by atoms with Crippen LogP contribution in [0, 0.1) is 0 Å². The number of aliphatic hydroxyl groups is 1. The quantitative estimate of drug-likeness (QED) is 0.826. The fourth-order valence-corrected chi connectivity index (χ4v) is 4.95. The first kappa shape index (κ1) is 17.5. The molecule has 2 unspecified atom stereocenters. The second-order valence-electron chi connectivity index (χ2n) is 7.56. The van der Waals surface area contributed by atoms with E-state index in [1.807, 2.05) is 0 Å². The summed E-state index contributed by atoms with van der Waals surface area (Å²) in [7, 11) is 3.80. The summed E-state index contributed by atoms with van der Waals surface area (Å²) in [4.78, 5) is 7.62. The number of benzene rings is 2. The van der Waals surface area contributed by atoms with Crippen LogP contribution in [0.1, 0.15) is 37.7 Å². The molecule has 2 aliphatic rings. The van der Waals surface area contributed by atoms with Crippen LogP contribution in [0.5, 0.6) is 0 Å². The molecule has 0 spiro atoms. The molecule has 2 aromatic rings. The van der Waals surface area contributed by atoms with Gasteiger partial charge in [-0.1, -0.05) is 49.4 Å². The van der Waals surface area contributed by atoms with Gasteiger partial charge in [-0.05, 0) is 48.2 Å². The molecule has 4 rings (SSSR count). The summed E-state index contributed by atoms with van der Waals surface area (Å²) in [6.45, 7) is 2.14. The summed E-state index contributed by atoms with van der Waals surface area (Å²) < 4.78 is 0. The summed E-state index contributed by atoms with van der Waals surface area (Å²) in [6, 6.07) is 15.8. The zero-order valence-electron chi connectivity index (χ0n) is 15.8. The van der Waals surface area contributed by atoms with Gasteiger partial charge in [-0.2, -0.15) is 0 Å². The van der Waals surface area contributed by atoms with Gasteiger partial charge in [-0.3, -0.25) is 15.2 Å². The molecule has 0 amide bonds. The first-order chi connectivity index (χ1) is 12.6. The van der Waals surface area contributed by atoms with Crippen LogP contribution in [0.15, 0.2) is 53.7 Å². The van der Waals surface area contributed by atoms with Crippen molar-refractivity contribution in [2.75, 3.05) is 14.2 Å². The molecule has 2 aliphatic heterocycles. The highest BCUT2D eigenvalue weighted by Gasteiger charge is 2.48.